The first-order valence-electron chi connectivity index (χ1n) is 6.04. The fourth-order valence-electron chi connectivity index (χ4n) is 3.10. The van der Waals surface area contributed by atoms with Crippen molar-refractivity contribution in [1.29, 1.82) is 0 Å². The highest BCUT2D eigenvalue weighted by Gasteiger charge is 2.29. The molecule has 0 amide bonds. The van der Waals surface area contributed by atoms with Gasteiger partial charge >= 0.3 is 0 Å². The van der Waals surface area contributed by atoms with Gasteiger partial charge in [0.1, 0.15) is 0 Å². The number of alkyl halides is 2. The molecule has 2 aliphatic carbocycles. The van der Waals surface area contributed by atoms with Gasteiger partial charge in [0.05, 0.1) is 0 Å². The fourth-order valence-corrected chi connectivity index (χ4v) is 3.60. The molecule has 2 fully saturated rings. The van der Waals surface area contributed by atoms with Crippen molar-refractivity contribution in [2.45, 2.75) is 62.1 Å². The van der Waals surface area contributed by atoms with Crippen LogP contribution in [0.5, 0.6) is 0 Å². The first-order valence-corrected chi connectivity index (χ1v) is 6.91. The minimum absolute atomic E-state index is 0.468. The third-order valence-corrected chi connectivity index (χ3v) is 4.94. The van der Waals surface area contributed by atoms with Crippen LogP contribution in [0.2, 0.25) is 0 Å². The van der Waals surface area contributed by atoms with E-state index in [0.29, 0.717) is 10.8 Å². The summed E-state index contributed by atoms with van der Waals surface area (Å²) in [7, 11) is 0. The molecular weight excluding hydrogens is 215 g/mol. The van der Waals surface area contributed by atoms with Gasteiger partial charge in [-0.1, -0.05) is 0 Å². The molecule has 0 saturated heterocycles. The van der Waals surface area contributed by atoms with Gasteiger partial charge in [-0.25, -0.2) is 0 Å². The zero-order valence-electron chi connectivity index (χ0n) is 8.72. The fraction of sp³-hybridized carbons (Fsp3) is 1.00. The van der Waals surface area contributed by atoms with Crippen molar-refractivity contribution in [3.63, 3.8) is 0 Å². The van der Waals surface area contributed by atoms with Crippen molar-refractivity contribution in [3.05, 3.63) is 0 Å². The Balaban J connectivity index is 1.78. The monoisotopic (exact) mass is 234 g/mol. The Hall–Kier alpha value is 0.580. The molecule has 0 aromatic heterocycles. The maximum atomic E-state index is 6.12. The van der Waals surface area contributed by atoms with Crippen LogP contribution in [0, 0.1) is 11.8 Å². The third kappa shape index (κ3) is 2.79. The molecule has 0 aliphatic heterocycles. The summed E-state index contributed by atoms with van der Waals surface area (Å²) in [5.74, 6) is 1.93. The van der Waals surface area contributed by atoms with Gasteiger partial charge in [0.25, 0.3) is 0 Å². The van der Waals surface area contributed by atoms with Crippen LogP contribution in [0.25, 0.3) is 0 Å². The largest absolute Gasteiger partial charge is 0.123 e. The average molecular weight is 235 g/mol. The maximum absolute atomic E-state index is 6.12. The summed E-state index contributed by atoms with van der Waals surface area (Å²) in [5, 5.41) is 0.936. The Morgan fingerprint density at radius 3 is 1.07 bits per heavy atom. The predicted molar refractivity (Wildman–Crippen MR) is 63.2 cm³/mol. The van der Waals surface area contributed by atoms with Gasteiger partial charge < -0.3 is 0 Å². The number of hydrogen-bond acceptors (Lipinski definition) is 0. The summed E-state index contributed by atoms with van der Waals surface area (Å²) in [5.41, 5.74) is 0. The molecule has 2 saturated carbocycles. The molecule has 0 radical (unpaired) electrons. The number of hydrogen-bond donors (Lipinski definition) is 0. The summed E-state index contributed by atoms with van der Waals surface area (Å²) in [6, 6.07) is 0. The van der Waals surface area contributed by atoms with Crippen molar-refractivity contribution in [2.75, 3.05) is 0 Å². The molecule has 0 unspecified atom stereocenters. The van der Waals surface area contributed by atoms with Crippen molar-refractivity contribution in [1.82, 2.24) is 0 Å². The van der Waals surface area contributed by atoms with Crippen LogP contribution in [0.4, 0.5) is 0 Å². The highest BCUT2D eigenvalue weighted by Crippen LogP contribution is 2.40. The second-order valence-electron chi connectivity index (χ2n) is 5.02. The van der Waals surface area contributed by atoms with E-state index in [1.807, 2.05) is 0 Å². The maximum Gasteiger partial charge on any atom is 0.0336 e. The predicted octanol–water partition coefficient (Wildman–Crippen LogP) is 4.58. The zero-order valence-corrected chi connectivity index (χ0v) is 10.2. The van der Waals surface area contributed by atoms with Crippen LogP contribution in [0.15, 0.2) is 0 Å². The summed E-state index contributed by atoms with van der Waals surface area (Å²) >= 11 is 12.2. The average Bonchev–Trinajstić information content (AvgIpc) is 2.21. The van der Waals surface area contributed by atoms with E-state index in [9.17, 15) is 0 Å². The minimum Gasteiger partial charge on any atom is -0.123 e. The first-order chi connectivity index (χ1) is 6.75. The Labute approximate surface area is 97.3 Å². The molecule has 0 N–H and O–H groups in total. The van der Waals surface area contributed by atoms with Crippen molar-refractivity contribution >= 4 is 23.2 Å². The topological polar surface area (TPSA) is 0 Å². The van der Waals surface area contributed by atoms with Gasteiger partial charge in [-0.15, -0.1) is 23.2 Å². The summed E-state index contributed by atoms with van der Waals surface area (Å²) < 4.78 is 0. The van der Waals surface area contributed by atoms with Gasteiger partial charge in [0.2, 0.25) is 0 Å². The normalized spacial score (nSPS) is 45.0. The van der Waals surface area contributed by atoms with Gasteiger partial charge in [-0.2, -0.15) is 0 Å². The summed E-state index contributed by atoms with van der Waals surface area (Å²) in [6.45, 7) is 0. The van der Waals surface area contributed by atoms with Crippen LogP contribution in [-0.2, 0) is 0 Å². The van der Waals surface area contributed by atoms with Crippen LogP contribution in [0.1, 0.15) is 51.4 Å². The Kier molecular flexibility index (Phi) is 4.01. The molecule has 0 atom stereocenters. The van der Waals surface area contributed by atoms with Crippen molar-refractivity contribution in [2.24, 2.45) is 11.8 Å². The summed E-state index contributed by atoms with van der Waals surface area (Å²) in [4.78, 5) is 0. The second kappa shape index (κ2) is 5.07. The highest BCUT2D eigenvalue weighted by molar-refractivity contribution is 6.20. The van der Waals surface area contributed by atoms with Gasteiger partial charge in [0, 0.05) is 10.8 Å². The molecule has 2 heteroatoms. The Morgan fingerprint density at radius 2 is 0.786 bits per heavy atom. The molecule has 0 spiro atoms. The van der Waals surface area contributed by atoms with E-state index in [0.717, 1.165) is 11.8 Å². The lowest BCUT2D eigenvalue weighted by atomic mass is 9.73. The molecule has 2 rings (SSSR count). The molecule has 14 heavy (non-hydrogen) atoms. The van der Waals surface area contributed by atoms with Crippen LogP contribution < -0.4 is 0 Å². The van der Waals surface area contributed by atoms with E-state index < -0.39 is 0 Å². The number of rotatable bonds is 1. The lowest BCUT2D eigenvalue weighted by Gasteiger charge is -2.35. The van der Waals surface area contributed by atoms with E-state index in [1.54, 1.807) is 0 Å². The van der Waals surface area contributed by atoms with Gasteiger partial charge in [-0.3, -0.25) is 0 Å². The Morgan fingerprint density at radius 1 is 0.500 bits per heavy atom. The van der Waals surface area contributed by atoms with Crippen LogP contribution in [0.3, 0.4) is 0 Å². The molecule has 2 aliphatic rings. The quantitative estimate of drug-likeness (QED) is 0.583. The summed E-state index contributed by atoms with van der Waals surface area (Å²) in [6.07, 6.45) is 10.4. The van der Waals surface area contributed by atoms with Crippen molar-refractivity contribution in [3.8, 4) is 0 Å². The highest BCUT2D eigenvalue weighted by atomic mass is 35.5. The molecule has 82 valence electrons. The molecule has 0 nitrogen and oxygen atoms in total. The van der Waals surface area contributed by atoms with Crippen molar-refractivity contribution < 1.29 is 0 Å². The zero-order chi connectivity index (χ0) is 9.97. The van der Waals surface area contributed by atoms with E-state index in [1.165, 1.54) is 51.4 Å². The number of halogens is 2. The molecule has 0 aromatic carbocycles. The molecule has 0 bridgehead atoms. The van der Waals surface area contributed by atoms with Gasteiger partial charge in [-0.05, 0) is 63.2 Å². The van der Waals surface area contributed by atoms with E-state index in [4.69, 9.17) is 23.2 Å². The lowest BCUT2D eigenvalue weighted by molar-refractivity contribution is 0.199. The smallest absolute Gasteiger partial charge is 0.0336 e. The van der Waals surface area contributed by atoms with E-state index in [-0.39, 0.29) is 0 Å². The molecular formula is C12H20Cl2. The van der Waals surface area contributed by atoms with Crippen LogP contribution in [-0.4, -0.2) is 10.8 Å². The molecule has 0 heterocycles. The second-order valence-corrected chi connectivity index (χ2v) is 6.26. The Bertz CT molecular complexity index is 145. The minimum atomic E-state index is 0.468. The SMILES string of the molecule is ClC1CCC(C2CCC(Cl)CC2)CC1. The molecule has 0 aromatic rings. The van der Waals surface area contributed by atoms with E-state index in [2.05, 4.69) is 0 Å². The van der Waals surface area contributed by atoms with Gasteiger partial charge in [0.15, 0.2) is 0 Å². The van der Waals surface area contributed by atoms with E-state index >= 15 is 0 Å². The standard InChI is InChI=1S/C12H20Cl2/c13-11-5-1-9(2-6-11)10-3-7-12(14)8-4-10/h9-12H,1-8H2. The first kappa shape index (κ1) is 11.1. The lowest BCUT2D eigenvalue weighted by Crippen LogP contribution is -2.26. The van der Waals surface area contributed by atoms with Crippen LogP contribution >= 0.6 is 23.2 Å². The third-order valence-electron chi connectivity index (χ3n) is 4.07.